The summed E-state index contributed by atoms with van der Waals surface area (Å²) >= 11 is 0. The molecule has 1 aliphatic rings. The van der Waals surface area contributed by atoms with E-state index in [0.29, 0.717) is 0 Å². The van der Waals surface area contributed by atoms with E-state index < -0.39 is 0 Å². The third-order valence-corrected chi connectivity index (χ3v) is 3.65. The van der Waals surface area contributed by atoms with Crippen molar-refractivity contribution in [2.24, 2.45) is 5.73 Å². The summed E-state index contributed by atoms with van der Waals surface area (Å²) in [5.41, 5.74) is 8.81. The van der Waals surface area contributed by atoms with Crippen LogP contribution in [0.3, 0.4) is 0 Å². The molecule has 0 radical (unpaired) electrons. The Balaban J connectivity index is 1.98. The second-order valence-electron chi connectivity index (χ2n) is 6.00. The first-order chi connectivity index (χ1) is 7.92. The Labute approximate surface area is 104 Å². The highest BCUT2D eigenvalue weighted by Crippen LogP contribution is 2.35. The molecule has 94 valence electrons. The summed E-state index contributed by atoms with van der Waals surface area (Å²) < 4.78 is 5.44. The van der Waals surface area contributed by atoms with E-state index in [-0.39, 0.29) is 11.1 Å². The van der Waals surface area contributed by atoms with Crippen molar-refractivity contribution in [1.82, 2.24) is 0 Å². The molecule has 2 rings (SSSR count). The fraction of sp³-hybridized carbons (Fsp3) is 0.600. The molecule has 1 fully saturated rings. The van der Waals surface area contributed by atoms with E-state index in [2.05, 4.69) is 38.1 Å². The number of methoxy groups -OCH3 is 1. The molecule has 2 heteroatoms. The summed E-state index contributed by atoms with van der Waals surface area (Å²) in [5, 5.41) is 0. The molecule has 0 atom stereocenters. The van der Waals surface area contributed by atoms with Gasteiger partial charge in [-0.2, -0.15) is 0 Å². The fourth-order valence-electron chi connectivity index (χ4n) is 2.08. The summed E-state index contributed by atoms with van der Waals surface area (Å²) in [6, 6.07) is 8.80. The minimum absolute atomic E-state index is 0.0902. The first-order valence-electron chi connectivity index (χ1n) is 6.34. The van der Waals surface area contributed by atoms with Gasteiger partial charge in [0.2, 0.25) is 0 Å². The minimum Gasteiger partial charge on any atom is -0.378 e. The Hall–Kier alpha value is -0.860. The molecule has 0 heterocycles. The number of ether oxygens (including phenoxy) is 1. The first kappa shape index (κ1) is 12.6. The van der Waals surface area contributed by atoms with E-state index in [9.17, 15) is 0 Å². The summed E-state index contributed by atoms with van der Waals surface area (Å²) in [6.07, 6.45) is 4.30. The van der Waals surface area contributed by atoms with Gasteiger partial charge in [0.15, 0.2) is 0 Å². The maximum atomic E-state index is 6.12. The quantitative estimate of drug-likeness (QED) is 0.848. The van der Waals surface area contributed by atoms with Crippen LogP contribution in [0.4, 0.5) is 0 Å². The van der Waals surface area contributed by atoms with Gasteiger partial charge in [-0.25, -0.2) is 0 Å². The van der Waals surface area contributed by atoms with Crippen LogP contribution in [0.15, 0.2) is 24.3 Å². The predicted molar refractivity (Wildman–Crippen MR) is 71.1 cm³/mol. The Kier molecular flexibility index (Phi) is 3.28. The molecule has 0 bridgehead atoms. The molecular formula is C15H23NO. The van der Waals surface area contributed by atoms with Crippen LogP contribution < -0.4 is 5.73 Å². The highest BCUT2D eigenvalue weighted by Gasteiger charge is 2.37. The van der Waals surface area contributed by atoms with Crippen LogP contribution in [-0.4, -0.2) is 18.2 Å². The molecule has 0 spiro atoms. The van der Waals surface area contributed by atoms with E-state index >= 15 is 0 Å². The highest BCUT2D eigenvalue weighted by atomic mass is 16.5. The smallest absolute Gasteiger partial charge is 0.0662 e. The second kappa shape index (κ2) is 4.43. The van der Waals surface area contributed by atoms with Crippen molar-refractivity contribution in [3.63, 3.8) is 0 Å². The van der Waals surface area contributed by atoms with Crippen LogP contribution >= 0.6 is 0 Å². The van der Waals surface area contributed by atoms with Crippen molar-refractivity contribution < 1.29 is 4.74 Å². The SMILES string of the molecule is COC(C)(C)Cc1ccc(CC2(N)CC2)cc1. The highest BCUT2D eigenvalue weighted by molar-refractivity contribution is 5.26. The van der Waals surface area contributed by atoms with Gasteiger partial charge in [0, 0.05) is 19.1 Å². The van der Waals surface area contributed by atoms with Gasteiger partial charge in [0.25, 0.3) is 0 Å². The fourth-order valence-corrected chi connectivity index (χ4v) is 2.08. The Morgan fingerprint density at radius 3 is 2.18 bits per heavy atom. The zero-order valence-corrected chi connectivity index (χ0v) is 11.1. The van der Waals surface area contributed by atoms with Crippen LogP contribution in [-0.2, 0) is 17.6 Å². The number of nitrogens with two attached hydrogens (primary N) is 1. The average molecular weight is 233 g/mol. The van der Waals surface area contributed by atoms with Gasteiger partial charge in [-0.3, -0.25) is 0 Å². The normalized spacial score (nSPS) is 18.1. The van der Waals surface area contributed by atoms with Gasteiger partial charge in [0.1, 0.15) is 0 Å². The predicted octanol–water partition coefficient (Wildman–Crippen LogP) is 2.69. The van der Waals surface area contributed by atoms with Gasteiger partial charge in [-0.15, -0.1) is 0 Å². The van der Waals surface area contributed by atoms with Gasteiger partial charge < -0.3 is 10.5 Å². The molecule has 0 saturated heterocycles. The van der Waals surface area contributed by atoms with Gasteiger partial charge in [-0.1, -0.05) is 24.3 Å². The Bertz CT molecular complexity index is 376. The van der Waals surface area contributed by atoms with Crippen molar-refractivity contribution in [3.05, 3.63) is 35.4 Å². The number of hydrogen-bond donors (Lipinski definition) is 1. The summed E-state index contributed by atoms with van der Waals surface area (Å²) in [5.74, 6) is 0. The molecular weight excluding hydrogens is 210 g/mol. The zero-order valence-electron chi connectivity index (χ0n) is 11.1. The van der Waals surface area contributed by atoms with E-state index in [4.69, 9.17) is 10.5 Å². The molecule has 0 amide bonds. The standard InChI is InChI=1S/C15H23NO/c1-14(2,17-3)10-12-4-6-13(7-5-12)11-15(16)8-9-15/h4-7H,8-11,16H2,1-3H3. The van der Waals surface area contributed by atoms with E-state index in [0.717, 1.165) is 12.8 Å². The summed E-state index contributed by atoms with van der Waals surface area (Å²) in [4.78, 5) is 0. The zero-order chi connectivity index (χ0) is 12.5. The molecule has 1 saturated carbocycles. The van der Waals surface area contributed by atoms with Crippen molar-refractivity contribution in [2.75, 3.05) is 7.11 Å². The molecule has 0 unspecified atom stereocenters. The molecule has 0 aliphatic heterocycles. The molecule has 17 heavy (non-hydrogen) atoms. The van der Waals surface area contributed by atoms with Crippen LogP contribution in [0.25, 0.3) is 0 Å². The largest absolute Gasteiger partial charge is 0.378 e. The maximum Gasteiger partial charge on any atom is 0.0662 e. The Morgan fingerprint density at radius 2 is 1.71 bits per heavy atom. The topological polar surface area (TPSA) is 35.2 Å². The summed E-state index contributed by atoms with van der Waals surface area (Å²) in [6.45, 7) is 4.22. The molecule has 1 aliphatic carbocycles. The Morgan fingerprint density at radius 1 is 1.18 bits per heavy atom. The average Bonchev–Trinajstić information content (AvgIpc) is 2.99. The molecule has 0 aromatic heterocycles. The van der Waals surface area contributed by atoms with Crippen LogP contribution in [0.5, 0.6) is 0 Å². The molecule has 1 aromatic rings. The lowest BCUT2D eigenvalue weighted by Gasteiger charge is -2.23. The third-order valence-electron chi connectivity index (χ3n) is 3.65. The maximum absolute atomic E-state index is 6.12. The van der Waals surface area contributed by atoms with Crippen molar-refractivity contribution in [2.45, 2.75) is 50.7 Å². The van der Waals surface area contributed by atoms with Gasteiger partial charge >= 0.3 is 0 Å². The molecule has 2 N–H and O–H groups in total. The first-order valence-corrected chi connectivity index (χ1v) is 6.34. The minimum atomic E-state index is -0.0902. The lowest BCUT2D eigenvalue weighted by molar-refractivity contribution is 0.0232. The monoisotopic (exact) mass is 233 g/mol. The van der Waals surface area contributed by atoms with Crippen LogP contribution in [0, 0.1) is 0 Å². The lowest BCUT2D eigenvalue weighted by Crippen LogP contribution is -2.26. The lowest BCUT2D eigenvalue weighted by atomic mass is 9.96. The van der Waals surface area contributed by atoms with Gasteiger partial charge in [-0.05, 0) is 44.2 Å². The van der Waals surface area contributed by atoms with Crippen molar-refractivity contribution in [1.29, 1.82) is 0 Å². The second-order valence-corrected chi connectivity index (χ2v) is 6.00. The van der Waals surface area contributed by atoms with Crippen molar-refractivity contribution >= 4 is 0 Å². The number of hydrogen-bond acceptors (Lipinski definition) is 2. The van der Waals surface area contributed by atoms with Gasteiger partial charge in [0.05, 0.1) is 5.60 Å². The van der Waals surface area contributed by atoms with Crippen LogP contribution in [0.1, 0.15) is 37.8 Å². The van der Waals surface area contributed by atoms with E-state index in [1.54, 1.807) is 7.11 Å². The third kappa shape index (κ3) is 3.55. The molecule has 2 nitrogen and oxygen atoms in total. The number of rotatable bonds is 5. The number of benzene rings is 1. The van der Waals surface area contributed by atoms with Crippen molar-refractivity contribution in [3.8, 4) is 0 Å². The molecule has 1 aromatic carbocycles. The van der Waals surface area contributed by atoms with E-state index in [1.165, 1.54) is 24.0 Å². The van der Waals surface area contributed by atoms with E-state index in [1.807, 2.05) is 0 Å². The van der Waals surface area contributed by atoms with Crippen LogP contribution in [0.2, 0.25) is 0 Å². The summed E-state index contributed by atoms with van der Waals surface area (Å²) in [7, 11) is 1.76.